The second kappa shape index (κ2) is 6.90. The third kappa shape index (κ3) is 4.32. The molecule has 21 heavy (non-hydrogen) atoms. The molecule has 0 aliphatic rings. The van der Waals surface area contributed by atoms with E-state index in [4.69, 9.17) is 4.74 Å². The molecule has 0 fully saturated rings. The molecule has 2 aromatic rings. The molecule has 112 valence electrons. The first-order chi connectivity index (χ1) is 10.1. The van der Waals surface area contributed by atoms with Crippen LogP contribution >= 0.6 is 0 Å². The fourth-order valence-corrected chi connectivity index (χ4v) is 1.79. The molecule has 2 rings (SSSR count). The van der Waals surface area contributed by atoms with Crippen molar-refractivity contribution in [3.8, 4) is 5.75 Å². The number of aromatic nitrogens is 1. The van der Waals surface area contributed by atoms with Gasteiger partial charge in [-0.15, -0.1) is 0 Å². The predicted octanol–water partition coefficient (Wildman–Crippen LogP) is 1.93. The molecule has 1 aromatic carbocycles. The van der Waals surface area contributed by atoms with E-state index in [0.29, 0.717) is 11.3 Å². The molecule has 1 aromatic heterocycles. The smallest absolute Gasteiger partial charge is 0.273 e. The number of rotatable bonds is 6. The van der Waals surface area contributed by atoms with Gasteiger partial charge in [0.1, 0.15) is 12.0 Å². The first kappa shape index (κ1) is 15.1. The van der Waals surface area contributed by atoms with E-state index >= 15 is 0 Å². The summed E-state index contributed by atoms with van der Waals surface area (Å²) in [6, 6.07) is 8.62. The Morgan fingerprint density at radius 1 is 1.43 bits per heavy atom. The highest BCUT2D eigenvalue weighted by Crippen LogP contribution is 2.20. The molecule has 0 aliphatic carbocycles. The topological polar surface area (TPSA) is 84.6 Å². The maximum absolute atomic E-state index is 11.7. The van der Waals surface area contributed by atoms with Gasteiger partial charge < -0.3 is 19.7 Å². The molecule has 1 unspecified atom stereocenters. The van der Waals surface area contributed by atoms with Crippen LogP contribution in [0.5, 0.6) is 5.75 Å². The van der Waals surface area contributed by atoms with E-state index in [1.807, 2.05) is 19.9 Å². The lowest BCUT2D eigenvalue weighted by Gasteiger charge is -2.14. The minimum absolute atomic E-state index is 0.0595. The standard InChI is InChI=1S/C15H18N2O4/c1-10(2)21-12-5-3-4-11(8-12)14(18)9-16-15(19)13-6-7-20-17-13/h3-8,10,14,18H,9H2,1-2H3,(H,16,19). The zero-order chi connectivity index (χ0) is 15.2. The van der Waals surface area contributed by atoms with E-state index in [1.54, 1.807) is 18.2 Å². The molecule has 6 nitrogen and oxygen atoms in total. The van der Waals surface area contributed by atoms with Gasteiger partial charge in [0, 0.05) is 12.6 Å². The first-order valence-corrected chi connectivity index (χ1v) is 6.69. The Kier molecular flexibility index (Phi) is 4.94. The summed E-state index contributed by atoms with van der Waals surface area (Å²) in [5.74, 6) is 0.293. The lowest BCUT2D eigenvalue weighted by Crippen LogP contribution is -2.28. The number of nitrogens with one attached hydrogen (secondary N) is 1. The molecule has 0 aliphatic heterocycles. The van der Waals surface area contributed by atoms with Crippen LogP contribution in [0.25, 0.3) is 0 Å². The van der Waals surface area contributed by atoms with E-state index in [1.165, 1.54) is 12.3 Å². The van der Waals surface area contributed by atoms with Crippen molar-refractivity contribution in [2.75, 3.05) is 6.54 Å². The van der Waals surface area contributed by atoms with Crippen LogP contribution in [-0.4, -0.2) is 28.8 Å². The van der Waals surface area contributed by atoms with Gasteiger partial charge in [-0.2, -0.15) is 0 Å². The zero-order valence-electron chi connectivity index (χ0n) is 11.9. The monoisotopic (exact) mass is 290 g/mol. The number of amides is 1. The third-order valence-corrected chi connectivity index (χ3v) is 2.74. The molecule has 0 bridgehead atoms. The van der Waals surface area contributed by atoms with Crippen molar-refractivity contribution >= 4 is 5.91 Å². The van der Waals surface area contributed by atoms with Crippen molar-refractivity contribution in [1.82, 2.24) is 10.5 Å². The van der Waals surface area contributed by atoms with Crippen molar-refractivity contribution < 1.29 is 19.2 Å². The molecule has 0 radical (unpaired) electrons. The Morgan fingerprint density at radius 3 is 2.90 bits per heavy atom. The Morgan fingerprint density at radius 2 is 2.24 bits per heavy atom. The Labute approximate surface area is 122 Å². The lowest BCUT2D eigenvalue weighted by molar-refractivity contribution is 0.0907. The molecular formula is C15H18N2O4. The summed E-state index contributed by atoms with van der Waals surface area (Å²) >= 11 is 0. The molecule has 1 amide bonds. The summed E-state index contributed by atoms with van der Waals surface area (Å²) in [4.78, 5) is 11.7. The highest BCUT2D eigenvalue weighted by Gasteiger charge is 2.13. The van der Waals surface area contributed by atoms with Crippen LogP contribution < -0.4 is 10.1 Å². The minimum Gasteiger partial charge on any atom is -0.491 e. The molecule has 6 heteroatoms. The van der Waals surface area contributed by atoms with Gasteiger partial charge in [0.2, 0.25) is 0 Å². The molecule has 1 heterocycles. The molecule has 0 saturated heterocycles. The van der Waals surface area contributed by atoms with Crippen LogP contribution in [0.15, 0.2) is 41.1 Å². The van der Waals surface area contributed by atoms with E-state index < -0.39 is 12.0 Å². The Balaban J connectivity index is 1.94. The van der Waals surface area contributed by atoms with Crippen LogP contribution in [-0.2, 0) is 0 Å². The number of carbonyl (C=O) groups excluding carboxylic acids is 1. The summed E-state index contributed by atoms with van der Waals surface area (Å²) in [5, 5.41) is 16.2. The predicted molar refractivity (Wildman–Crippen MR) is 76.0 cm³/mol. The van der Waals surface area contributed by atoms with Gasteiger partial charge in [-0.1, -0.05) is 17.3 Å². The highest BCUT2D eigenvalue weighted by atomic mass is 16.5. The number of aliphatic hydroxyl groups is 1. The van der Waals surface area contributed by atoms with Crippen molar-refractivity contribution in [3.63, 3.8) is 0 Å². The molecule has 1 atom stereocenters. The normalized spacial score (nSPS) is 12.2. The van der Waals surface area contributed by atoms with Crippen LogP contribution in [0.4, 0.5) is 0 Å². The largest absolute Gasteiger partial charge is 0.491 e. The first-order valence-electron chi connectivity index (χ1n) is 6.69. The van der Waals surface area contributed by atoms with Crippen LogP contribution in [0.3, 0.4) is 0 Å². The summed E-state index contributed by atoms with van der Waals surface area (Å²) in [6.45, 7) is 3.94. The number of hydrogen-bond acceptors (Lipinski definition) is 5. The number of nitrogens with zero attached hydrogens (tertiary/aromatic N) is 1. The van der Waals surface area contributed by atoms with Crippen LogP contribution in [0, 0.1) is 0 Å². The second-order valence-electron chi connectivity index (χ2n) is 4.85. The molecule has 2 N–H and O–H groups in total. The minimum atomic E-state index is -0.823. The zero-order valence-corrected chi connectivity index (χ0v) is 11.9. The quantitative estimate of drug-likeness (QED) is 0.849. The van der Waals surface area contributed by atoms with Crippen molar-refractivity contribution in [3.05, 3.63) is 47.9 Å². The number of carbonyl (C=O) groups is 1. The van der Waals surface area contributed by atoms with Gasteiger partial charge in [-0.25, -0.2) is 0 Å². The average molecular weight is 290 g/mol. The number of hydrogen-bond donors (Lipinski definition) is 2. The van der Waals surface area contributed by atoms with Crippen molar-refractivity contribution in [1.29, 1.82) is 0 Å². The second-order valence-corrected chi connectivity index (χ2v) is 4.85. The summed E-state index contributed by atoms with van der Waals surface area (Å²) in [5.41, 5.74) is 0.854. The van der Waals surface area contributed by atoms with Gasteiger partial charge in [-0.05, 0) is 31.5 Å². The molecule has 0 saturated carbocycles. The van der Waals surface area contributed by atoms with E-state index in [9.17, 15) is 9.90 Å². The molecular weight excluding hydrogens is 272 g/mol. The Bertz CT molecular complexity index is 581. The van der Waals surface area contributed by atoms with Crippen LogP contribution in [0.2, 0.25) is 0 Å². The fourth-order valence-electron chi connectivity index (χ4n) is 1.79. The maximum Gasteiger partial charge on any atom is 0.273 e. The van der Waals surface area contributed by atoms with Gasteiger partial charge in [0.25, 0.3) is 5.91 Å². The van der Waals surface area contributed by atoms with Gasteiger partial charge in [-0.3, -0.25) is 4.79 Å². The maximum atomic E-state index is 11.7. The van der Waals surface area contributed by atoms with Gasteiger partial charge in [0.05, 0.1) is 12.2 Å². The number of ether oxygens (including phenoxy) is 1. The SMILES string of the molecule is CC(C)Oc1cccc(C(O)CNC(=O)c2ccon2)c1. The average Bonchev–Trinajstić information content (AvgIpc) is 2.98. The van der Waals surface area contributed by atoms with Crippen molar-refractivity contribution in [2.24, 2.45) is 0 Å². The molecule has 0 spiro atoms. The van der Waals surface area contributed by atoms with E-state index in [2.05, 4.69) is 15.0 Å². The van der Waals surface area contributed by atoms with E-state index in [-0.39, 0.29) is 18.3 Å². The number of aliphatic hydroxyl groups excluding tert-OH is 1. The summed E-state index contributed by atoms with van der Waals surface area (Å²) in [7, 11) is 0. The van der Waals surface area contributed by atoms with Gasteiger partial charge in [0.15, 0.2) is 5.69 Å². The fraction of sp³-hybridized carbons (Fsp3) is 0.333. The van der Waals surface area contributed by atoms with Gasteiger partial charge >= 0.3 is 0 Å². The highest BCUT2D eigenvalue weighted by molar-refractivity contribution is 5.91. The van der Waals surface area contributed by atoms with E-state index in [0.717, 1.165) is 0 Å². The Hall–Kier alpha value is -2.34. The third-order valence-electron chi connectivity index (χ3n) is 2.74. The van der Waals surface area contributed by atoms with Crippen molar-refractivity contribution in [2.45, 2.75) is 26.1 Å². The summed E-state index contributed by atoms with van der Waals surface area (Å²) in [6.07, 6.45) is 0.554. The number of benzene rings is 1. The van der Waals surface area contributed by atoms with Crippen LogP contribution in [0.1, 0.15) is 36.0 Å². The lowest BCUT2D eigenvalue weighted by atomic mass is 10.1. The summed E-state index contributed by atoms with van der Waals surface area (Å²) < 4.78 is 10.2.